The summed E-state index contributed by atoms with van der Waals surface area (Å²) in [6.45, 7) is 1.32. The van der Waals surface area contributed by atoms with Crippen LogP contribution >= 0.6 is 0 Å². The zero-order valence-corrected chi connectivity index (χ0v) is 14.2. The van der Waals surface area contributed by atoms with E-state index in [4.69, 9.17) is 19.9 Å². The Kier molecular flexibility index (Phi) is 6.84. The SMILES string of the molecule is COc1ccc(OC)c(C(O)CNC(=O)C(N)C2CCOCC2)c1. The minimum absolute atomic E-state index is 0.0548. The first-order chi connectivity index (χ1) is 11.6. The van der Waals surface area contributed by atoms with Crippen LogP contribution in [0.5, 0.6) is 11.5 Å². The minimum atomic E-state index is -0.916. The highest BCUT2D eigenvalue weighted by atomic mass is 16.5. The van der Waals surface area contributed by atoms with Gasteiger partial charge < -0.3 is 30.4 Å². The number of carbonyl (C=O) groups is 1. The summed E-state index contributed by atoms with van der Waals surface area (Å²) in [6.07, 6.45) is 0.641. The number of nitrogens with one attached hydrogen (secondary N) is 1. The van der Waals surface area contributed by atoms with Gasteiger partial charge in [-0.2, -0.15) is 0 Å². The van der Waals surface area contributed by atoms with Crippen LogP contribution in [0.15, 0.2) is 18.2 Å². The zero-order valence-electron chi connectivity index (χ0n) is 14.2. The third-order valence-corrected chi connectivity index (χ3v) is 4.34. The molecule has 2 unspecified atom stereocenters. The molecule has 134 valence electrons. The monoisotopic (exact) mass is 338 g/mol. The second-order valence-corrected chi connectivity index (χ2v) is 5.84. The summed E-state index contributed by atoms with van der Waals surface area (Å²) in [4.78, 5) is 12.2. The van der Waals surface area contributed by atoms with Gasteiger partial charge in [0.15, 0.2) is 0 Å². The van der Waals surface area contributed by atoms with Crippen LogP contribution in [0.2, 0.25) is 0 Å². The van der Waals surface area contributed by atoms with Gasteiger partial charge in [-0.1, -0.05) is 0 Å². The lowest BCUT2D eigenvalue weighted by molar-refractivity contribution is -0.124. The van der Waals surface area contributed by atoms with E-state index in [0.29, 0.717) is 30.3 Å². The molecule has 1 aromatic rings. The first-order valence-corrected chi connectivity index (χ1v) is 8.07. The van der Waals surface area contributed by atoms with E-state index in [-0.39, 0.29) is 18.4 Å². The highest BCUT2D eigenvalue weighted by Gasteiger charge is 2.27. The number of nitrogens with two attached hydrogens (primary N) is 1. The molecule has 1 aliphatic heterocycles. The van der Waals surface area contributed by atoms with Crippen LogP contribution in [0.25, 0.3) is 0 Å². The Balaban J connectivity index is 1.94. The van der Waals surface area contributed by atoms with Gasteiger partial charge in [0, 0.05) is 25.3 Å². The number of hydrogen-bond donors (Lipinski definition) is 3. The molecule has 1 amide bonds. The number of methoxy groups -OCH3 is 2. The topological polar surface area (TPSA) is 103 Å². The maximum atomic E-state index is 12.2. The Morgan fingerprint density at radius 1 is 1.38 bits per heavy atom. The lowest BCUT2D eigenvalue weighted by Gasteiger charge is -2.27. The molecule has 1 saturated heterocycles. The fourth-order valence-electron chi connectivity index (χ4n) is 2.81. The summed E-state index contributed by atoms with van der Waals surface area (Å²) in [7, 11) is 3.07. The number of aliphatic hydroxyl groups excluding tert-OH is 1. The lowest BCUT2D eigenvalue weighted by Crippen LogP contribution is -2.47. The van der Waals surface area contributed by atoms with Gasteiger partial charge in [-0.25, -0.2) is 0 Å². The van der Waals surface area contributed by atoms with Gasteiger partial charge in [-0.15, -0.1) is 0 Å². The Bertz CT molecular complexity index is 546. The standard InChI is InChI=1S/C17H26N2O5/c1-22-12-3-4-15(23-2)13(9-12)14(20)10-19-17(21)16(18)11-5-7-24-8-6-11/h3-4,9,11,14,16,20H,5-8,10,18H2,1-2H3,(H,19,21). The summed E-state index contributed by atoms with van der Waals surface area (Å²) in [5.41, 5.74) is 6.58. The van der Waals surface area contributed by atoms with Crippen molar-refractivity contribution in [2.75, 3.05) is 34.0 Å². The Morgan fingerprint density at radius 2 is 2.08 bits per heavy atom. The van der Waals surface area contributed by atoms with Crippen LogP contribution in [0.3, 0.4) is 0 Å². The number of carbonyl (C=O) groups excluding carboxylic acids is 1. The third-order valence-electron chi connectivity index (χ3n) is 4.34. The van der Waals surface area contributed by atoms with Crippen molar-refractivity contribution in [1.82, 2.24) is 5.32 Å². The van der Waals surface area contributed by atoms with Crippen molar-refractivity contribution in [3.05, 3.63) is 23.8 Å². The number of aliphatic hydroxyl groups is 1. The molecule has 0 spiro atoms. The van der Waals surface area contributed by atoms with E-state index in [1.54, 1.807) is 25.3 Å². The van der Waals surface area contributed by atoms with E-state index in [1.807, 2.05) is 0 Å². The van der Waals surface area contributed by atoms with Gasteiger partial charge in [0.25, 0.3) is 0 Å². The summed E-state index contributed by atoms with van der Waals surface area (Å²) in [6, 6.07) is 4.56. The summed E-state index contributed by atoms with van der Waals surface area (Å²) in [5.74, 6) is 0.992. The largest absolute Gasteiger partial charge is 0.497 e. The quantitative estimate of drug-likeness (QED) is 0.673. The number of amides is 1. The maximum absolute atomic E-state index is 12.2. The van der Waals surface area contributed by atoms with E-state index < -0.39 is 12.1 Å². The molecular weight excluding hydrogens is 312 g/mol. The van der Waals surface area contributed by atoms with E-state index in [1.165, 1.54) is 7.11 Å². The summed E-state index contributed by atoms with van der Waals surface area (Å²) >= 11 is 0. The van der Waals surface area contributed by atoms with Crippen molar-refractivity contribution >= 4 is 5.91 Å². The van der Waals surface area contributed by atoms with Gasteiger partial charge in [-0.3, -0.25) is 4.79 Å². The molecule has 0 aliphatic carbocycles. The van der Waals surface area contributed by atoms with Gasteiger partial charge >= 0.3 is 0 Å². The number of hydrogen-bond acceptors (Lipinski definition) is 6. The lowest BCUT2D eigenvalue weighted by atomic mass is 9.92. The molecule has 1 aliphatic rings. The number of ether oxygens (including phenoxy) is 3. The first kappa shape index (κ1) is 18.5. The van der Waals surface area contributed by atoms with Crippen molar-refractivity contribution in [1.29, 1.82) is 0 Å². The maximum Gasteiger partial charge on any atom is 0.237 e. The predicted octanol–water partition coefficient (Wildman–Crippen LogP) is 0.607. The van der Waals surface area contributed by atoms with Crippen LogP contribution in [0, 0.1) is 5.92 Å². The predicted molar refractivity (Wildman–Crippen MR) is 89.0 cm³/mol. The molecule has 0 bridgehead atoms. The van der Waals surface area contributed by atoms with Crippen molar-refractivity contribution in [2.24, 2.45) is 11.7 Å². The molecule has 24 heavy (non-hydrogen) atoms. The van der Waals surface area contributed by atoms with Gasteiger partial charge in [0.05, 0.1) is 26.4 Å². The molecule has 0 saturated carbocycles. The average Bonchev–Trinajstić information content (AvgIpc) is 2.65. The molecular formula is C17H26N2O5. The molecule has 0 radical (unpaired) electrons. The molecule has 2 atom stereocenters. The van der Waals surface area contributed by atoms with E-state index >= 15 is 0 Å². The van der Waals surface area contributed by atoms with Crippen molar-refractivity contribution < 1.29 is 24.1 Å². The molecule has 4 N–H and O–H groups in total. The molecule has 7 nitrogen and oxygen atoms in total. The first-order valence-electron chi connectivity index (χ1n) is 8.07. The van der Waals surface area contributed by atoms with E-state index in [9.17, 15) is 9.90 Å². The van der Waals surface area contributed by atoms with Gasteiger partial charge in [0.1, 0.15) is 11.5 Å². The van der Waals surface area contributed by atoms with Crippen LogP contribution in [-0.2, 0) is 9.53 Å². The van der Waals surface area contributed by atoms with Crippen LogP contribution in [-0.4, -0.2) is 51.0 Å². The van der Waals surface area contributed by atoms with E-state index in [2.05, 4.69) is 5.32 Å². The Hall–Kier alpha value is -1.83. The van der Waals surface area contributed by atoms with Crippen molar-refractivity contribution in [3.63, 3.8) is 0 Å². The molecule has 1 fully saturated rings. The van der Waals surface area contributed by atoms with Crippen molar-refractivity contribution in [2.45, 2.75) is 25.0 Å². The van der Waals surface area contributed by atoms with Crippen LogP contribution in [0.4, 0.5) is 0 Å². The van der Waals surface area contributed by atoms with E-state index in [0.717, 1.165) is 12.8 Å². The van der Waals surface area contributed by atoms with Crippen LogP contribution in [0.1, 0.15) is 24.5 Å². The van der Waals surface area contributed by atoms with Crippen molar-refractivity contribution in [3.8, 4) is 11.5 Å². The highest BCUT2D eigenvalue weighted by Crippen LogP contribution is 2.29. The minimum Gasteiger partial charge on any atom is -0.497 e. The molecule has 7 heteroatoms. The Labute approximate surface area is 142 Å². The second kappa shape index (κ2) is 8.86. The average molecular weight is 338 g/mol. The zero-order chi connectivity index (χ0) is 17.5. The van der Waals surface area contributed by atoms with Gasteiger partial charge in [-0.05, 0) is 37.0 Å². The fraction of sp³-hybridized carbons (Fsp3) is 0.588. The fourth-order valence-corrected chi connectivity index (χ4v) is 2.81. The summed E-state index contributed by atoms with van der Waals surface area (Å²) in [5, 5.41) is 13.1. The Morgan fingerprint density at radius 3 is 2.71 bits per heavy atom. The highest BCUT2D eigenvalue weighted by molar-refractivity contribution is 5.81. The molecule has 2 rings (SSSR count). The normalized spacial score (nSPS) is 17.8. The molecule has 0 aromatic heterocycles. The molecule has 1 aromatic carbocycles. The smallest absolute Gasteiger partial charge is 0.237 e. The molecule has 1 heterocycles. The number of benzene rings is 1. The summed E-state index contributed by atoms with van der Waals surface area (Å²) < 4.78 is 15.7. The van der Waals surface area contributed by atoms with Crippen LogP contribution < -0.4 is 20.5 Å². The third kappa shape index (κ3) is 4.59. The second-order valence-electron chi connectivity index (χ2n) is 5.84. The van der Waals surface area contributed by atoms with Gasteiger partial charge in [0.2, 0.25) is 5.91 Å². The number of rotatable bonds is 7.